The second kappa shape index (κ2) is 13.4. The topological polar surface area (TPSA) is 150 Å². The van der Waals surface area contributed by atoms with Crippen molar-refractivity contribution < 1.29 is 28.4 Å². The molecule has 190 valence electrons. The van der Waals surface area contributed by atoms with Gasteiger partial charge in [0.05, 0.1) is 37.2 Å². The molecule has 0 aliphatic carbocycles. The molecular formula is C24H27N5O7. The first kappa shape index (κ1) is 26.1. The molecule has 0 radical (unpaired) electrons. The van der Waals surface area contributed by atoms with E-state index in [2.05, 4.69) is 15.3 Å². The van der Waals surface area contributed by atoms with E-state index < -0.39 is 16.9 Å². The zero-order chi connectivity index (χ0) is 25.8. The van der Waals surface area contributed by atoms with Gasteiger partial charge in [0.15, 0.2) is 0 Å². The van der Waals surface area contributed by atoms with Gasteiger partial charge in [-0.05, 0) is 24.6 Å². The summed E-state index contributed by atoms with van der Waals surface area (Å²) in [6.45, 7) is 2.36. The van der Waals surface area contributed by atoms with Crippen LogP contribution in [0, 0.1) is 10.1 Å². The number of carbonyl (C=O) groups excluding carboxylic acids is 2. The Morgan fingerprint density at radius 3 is 2.56 bits per heavy atom. The van der Waals surface area contributed by atoms with Crippen LogP contribution >= 0.6 is 0 Å². The van der Waals surface area contributed by atoms with Crippen LogP contribution in [0.15, 0.2) is 59.5 Å². The number of furan rings is 1. The minimum atomic E-state index is -0.606. The van der Waals surface area contributed by atoms with E-state index in [0.717, 1.165) is 5.56 Å². The highest BCUT2D eigenvalue weighted by molar-refractivity contribution is 5.74. The van der Waals surface area contributed by atoms with Crippen molar-refractivity contribution in [3.63, 3.8) is 0 Å². The van der Waals surface area contributed by atoms with Crippen molar-refractivity contribution in [2.24, 2.45) is 0 Å². The summed E-state index contributed by atoms with van der Waals surface area (Å²) in [4.78, 5) is 45.1. The van der Waals surface area contributed by atoms with Gasteiger partial charge in [0, 0.05) is 13.1 Å². The van der Waals surface area contributed by atoms with E-state index in [9.17, 15) is 19.7 Å². The minimum absolute atomic E-state index is 0.00449. The maximum atomic E-state index is 12.1. The van der Waals surface area contributed by atoms with Crippen LogP contribution < -0.4 is 10.2 Å². The van der Waals surface area contributed by atoms with Gasteiger partial charge in [0.1, 0.15) is 18.7 Å². The lowest BCUT2D eigenvalue weighted by atomic mass is 10.2. The number of aromatic nitrogens is 2. The van der Waals surface area contributed by atoms with E-state index in [0.29, 0.717) is 5.76 Å². The predicted molar refractivity (Wildman–Crippen MR) is 129 cm³/mol. The molecule has 36 heavy (non-hydrogen) atoms. The summed E-state index contributed by atoms with van der Waals surface area (Å²) in [5, 5.41) is 14.8. The molecule has 0 atom stereocenters. The first-order valence-electron chi connectivity index (χ1n) is 11.3. The van der Waals surface area contributed by atoms with Gasteiger partial charge in [0.2, 0.25) is 11.6 Å². The van der Waals surface area contributed by atoms with Crippen molar-refractivity contribution in [2.75, 3.05) is 29.9 Å². The smallest absolute Gasteiger partial charge is 0.353 e. The Bertz CT molecular complexity index is 1140. The largest absolute Gasteiger partial charge is 0.467 e. The van der Waals surface area contributed by atoms with E-state index in [-0.39, 0.29) is 63.0 Å². The lowest BCUT2D eigenvalue weighted by molar-refractivity contribution is -0.383. The van der Waals surface area contributed by atoms with Crippen LogP contribution in [0.3, 0.4) is 0 Å². The predicted octanol–water partition coefficient (Wildman–Crippen LogP) is 3.48. The molecule has 2 aromatic heterocycles. The number of hydrogen-bond acceptors (Lipinski definition) is 11. The second-order valence-corrected chi connectivity index (χ2v) is 7.53. The van der Waals surface area contributed by atoms with Gasteiger partial charge in [-0.25, -0.2) is 9.97 Å². The molecule has 0 unspecified atom stereocenters. The van der Waals surface area contributed by atoms with Crippen molar-refractivity contribution in [2.45, 2.75) is 32.9 Å². The zero-order valence-corrected chi connectivity index (χ0v) is 19.8. The fourth-order valence-corrected chi connectivity index (χ4v) is 3.30. The Kier molecular flexibility index (Phi) is 9.74. The lowest BCUT2D eigenvalue weighted by Crippen LogP contribution is -2.28. The highest BCUT2D eigenvalue weighted by Gasteiger charge is 2.28. The highest BCUT2D eigenvalue weighted by Crippen LogP contribution is 2.32. The monoisotopic (exact) mass is 497 g/mol. The molecule has 1 N–H and O–H groups in total. The molecule has 0 aliphatic heterocycles. The summed E-state index contributed by atoms with van der Waals surface area (Å²) in [6, 6.07) is 12.6. The van der Waals surface area contributed by atoms with Crippen LogP contribution in [0.2, 0.25) is 0 Å². The summed E-state index contributed by atoms with van der Waals surface area (Å²) < 4.78 is 15.6. The van der Waals surface area contributed by atoms with E-state index in [1.807, 2.05) is 30.3 Å². The van der Waals surface area contributed by atoms with E-state index in [1.165, 1.54) is 12.6 Å². The molecule has 0 amide bonds. The Labute approximate surface area is 207 Å². The van der Waals surface area contributed by atoms with Crippen LogP contribution in [0.4, 0.5) is 17.3 Å². The number of nitro groups is 1. The molecule has 12 nitrogen and oxygen atoms in total. The van der Waals surface area contributed by atoms with Gasteiger partial charge in [-0.2, -0.15) is 0 Å². The zero-order valence-electron chi connectivity index (χ0n) is 19.8. The van der Waals surface area contributed by atoms with Crippen LogP contribution in [0.25, 0.3) is 0 Å². The molecule has 1 aromatic carbocycles. The third kappa shape index (κ3) is 7.79. The average Bonchev–Trinajstić information content (AvgIpc) is 3.39. The van der Waals surface area contributed by atoms with Gasteiger partial charge in [-0.3, -0.25) is 19.7 Å². The summed E-state index contributed by atoms with van der Waals surface area (Å²) >= 11 is 0. The molecule has 0 bridgehead atoms. The van der Waals surface area contributed by atoms with E-state index in [1.54, 1.807) is 24.0 Å². The fourth-order valence-electron chi connectivity index (χ4n) is 3.30. The molecule has 3 aromatic rings. The van der Waals surface area contributed by atoms with Gasteiger partial charge in [-0.1, -0.05) is 30.3 Å². The molecular weight excluding hydrogens is 470 g/mol. The third-order valence-electron chi connectivity index (χ3n) is 4.97. The molecule has 0 saturated carbocycles. The number of esters is 2. The van der Waals surface area contributed by atoms with Gasteiger partial charge < -0.3 is 24.1 Å². The van der Waals surface area contributed by atoms with Crippen molar-refractivity contribution >= 4 is 29.3 Å². The summed E-state index contributed by atoms with van der Waals surface area (Å²) in [6.07, 6.45) is 2.63. The first-order chi connectivity index (χ1) is 17.5. The normalized spacial score (nSPS) is 10.5. The molecule has 0 fully saturated rings. The number of hydrogen-bond donors (Lipinski definition) is 1. The summed E-state index contributed by atoms with van der Waals surface area (Å²) in [5.74, 6) is -0.420. The minimum Gasteiger partial charge on any atom is -0.467 e. The molecule has 0 aliphatic rings. The second-order valence-electron chi connectivity index (χ2n) is 7.53. The van der Waals surface area contributed by atoms with Crippen molar-refractivity contribution in [1.29, 1.82) is 0 Å². The van der Waals surface area contributed by atoms with Gasteiger partial charge in [-0.15, -0.1) is 0 Å². The Hall–Kier alpha value is -4.48. The van der Waals surface area contributed by atoms with E-state index >= 15 is 0 Å². The Morgan fingerprint density at radius 1 is 1.08 bits per heavy atom. The Balaban J connectivity index is 1.70. The van der Waals surface area contributed by atoms with Gasteiger partial charge >= 0.3 is 17.6 Å². The Morgan fingerprint density at radius 2 is 1.86 bits per heavy atom. The van der Waals surface area contributed by atoms with Crippen molar-refractivity contribution in [3.8, 4) is 0 Å². The standard InChI is InChI=1S/C24H27N5O7/c1-2-34-21(31)11-13-28(15-19-9-6-14-35-19)24-22(29(32)33)23(26-17-27-24)25-12-10-20(30)36-16-18-7-4-3-5-8-18/h3-9,14,17H,2,10-13,15-16H2,1H3,(H,25,26,27). The highest BCUT2D eigenvalue weighted by atomic mass is 16.6. The van der Waals surface area contributed by atoms with E-state index in [4.69, 9.17) is 13.9 Å². The summed E-state index contributed by atoms with van der Waals surface area (Å²) in [7, 11) is 0. The van der Waals surface area contributed by atoms with Gasteiger partial charge in [0.25, 0.3) is 0 Å². The molecule has 12 heteroatoms. The number of ether oxygens (including phenoxy) is 2. The average molecular weight is 498 g/mol. The molecule has 2 heterocycles. The maximum Gasteiger partial charge on any atom is 0.353 e. The molecule has 0 saturated heterocycles. The quantitative estimate of drug-likeness (QED) is 0.198. The third-order valence-corrected chi connectivity index (χ3v) is 4.97. The first-order valence-corrected chi connectivity index (χ1v) is 11.3. The number of anilines is 2. The number of nitrogens with one attached hydrogen (secondary N) is 1. The number of benzene rings is 1. The van der Waals surface area contributed by atoms with Crippen LogP contribution in [0.1, 0.15) is 31.1 Å². The molecule has 3 rings (SSSR count). The SMILES string of the molecule is CCOC(=O)CCN(Cc1ccco1)c1ncnc(NCCC(=O)OCc2ccccc2)c1[N+](=O)[O-]. The maximum absolute atomic E-state index is 12.1. The summed E-state index contributed by atoms with van der Waals surface area (Å²) in [5.41, 5.74) is 0.472. The number of carbonyl (C=O) groups is 2. The van der Waals surface area contributed by atoms with Crippen LogP contribution in [-0.2, 0) is 32.2 Å². The number of rotatable bonds is 14. The molecule has 0 spiro atoms. The lowest BCUT2D eigenvalue weighted by Gasteiger charge is -2.22. The van der Waals surface area contributed by atoms with Crippen LogP contribution in [-0.4, -0.2) is 46.5 Å². The van der Waals surface area contributed by atoms with Crippen molar-refractivity contribution in [1.82, 2.24) is 9.97 Å². The number of nitrogens with zero attached hydrogens (tertiary/aromatic N) is 4. The fraction of sp³-hybridized carbons (Fsp3) is 0.333. The van der Waals surface area contributed by atoms with Crippen molar-refractivity contribution in [3.05, 3.63) is 76.5 Å². The van der Waals surface area contributed by atoms with Crippen LogP contribution in [0.5, 0.6) is 0 Å².